The number of carbonyl (C=O) groups excluding carboxylic acids is 4. The fourth-order valence-electron chi connectivity index (χ4n) is 21.6. The Morgan fingerprint density at radius 1 is 0.388 bits per heavy atom. The maximum absolute atomic E-state index is 14.1. The topological polar surface area (TPSA) is 415 Å². The molecule has 20 heterocycles. The molecule has 0 aliphatic carbocycles. The second-order valence-corrected chi connectivity index (χ2v) is 39.0. The average Bonchev–Trinajstić information content (AvgIpc) is 1.61. The smallest absolute Gasteiger partial charge is 0.255 e. The summed E-state index contributed by atoms with van der Waals surface area (Å²) in [5, 5.41) is 25.2. The maximum Gasteiger partial charge on any atom is 0.255 e. The zero-order valence-electron chi connectivity index (χ0n) is 82.7. The molecule has 0 radical (unpaired) electrons. The number of imidazole rings is 5. The van der Waals surface area contributed by atoms with Crippen molar-refractivity contribution in [2.75, 3.05) is 125 Å². The van der Waals surface area contributed by atoms with Gasteiger partial charge in [-0.2, -0.15) is 5.26 Å². The van der Waals surface area contributed by atoms with E-state index in [0.29, 0.717) is 135 Å². The molecule has 750 valence electrons. The van der Waals surface area contributed by atoms with Crippen LogP contribution in [0.25, 0.3) is 139 Å². The first-order chi connectivity index (χ1) is 71.2. The third-order valence-electron chi connectivity index (χ3n) is 28.4. The highest BCUT2D eigenvalue weighted by molar-refractivity contribution is 6.12. The number of carbonyl (C=O) groups is 4. The van der Waals surface area contributed by atoms with Crippen molar-refractivity contribution in [1.82, 2.24) is 98.0 Å². The van der Waals surface area contributed by atoms with Crippen LogP contribution < -0.4 is 68.7 Å². The van der Waals surface area contributed by atoms with Crippen molar-refractivity contribution >= 4 is 191 Å². The summed E-state index contributed by atoms with van der Waals surface area (Å²) in [7, 11) is 7.51. The van der Waals surface area contributed by atoms with Crippen molar-refractivity contribution in [2.24, 2.45) is 22.9 Å². The number of nitrogens with one attached hydrogen (secondary N) is 4. The van der Waals surface area contributed by atoms with Crippen LogP contribution in [-0.4, -0.2) is 237 Å². The number of hydrogen-bond donors (Lipinski definition) is 8. The average molecular weight is 1980 g/mol. The standard InChI is InChI=1S/C23H25FN6O.C23H26N6O.C22H23FN6O.C21H21FN6O.C20H17FN6/c1-13(2)27-23(31)17-11-16-19(29-9-3-4-15(25)12-29)7-8-26-21(16)30-20-10-14(24)5-6-18(20)28-22(17)30;1-14-11-20(28-10-9-15(13-28)27(3)4)16-12-17(23(30)24-2)22-26-18-7-5-6-8-19(18)29(22)21(16)25-14;1-2-25-22(30)16-11-15-18(28-9-3-4-14(24)12-28)7-8-26-20(15)29-19-10-13(23)5-6-17(19)27-21(16)29;1-24-21(29)15-10-14-17(27-8-2-3-13(23)11-27)6-7-25-19(14)28-18-9-12(22)4-5-16(18)26-20(15)28;21-13-3-4-16-18(9-13)27-19(25-16)12(10-22)8-15-17(5-6-24-20(15)27)26-7-1-2-14(23)11-26/h5-8,10-11,13,15H,3-4,9,12,25H2,1-2H3,(H,27,31);5-8,11-12,15H,9-10,13H2,1-4H3,(H,24,30);5-8,10-11,14H,2-4,9,12,24H2,1H3,(H,25,30);4-7,9-10,13H,2-3,8,11,23H2,1H3,(H,24,29);3-6,8-9,14H,1-2,7,11,23H2/t2*15-;14-;13-;14-/m10111/s1. The third kappa shape index (κ3) is 18.2. The van der Waals surface area contributed by atoms with E-state index in [1.54, 1.807) is 80.8 Å². The fraction of sp³-hybridized carbons (Fsp3) is 0.312. The molecular weight excluding hydrogens is 1870 g/mol. The van der Waals surface area contributed by atoms with Crippen LogP contribution in [0.1, 0.15) is 131 Å². The number of aromatic nitrogens is 15. The van der Waals surface area contributed by atoms with Crippen molar-refractivity contribution in [1.29, 1.82) is 5.26 Å². The van der Waals surface area contributed by atoms with E-state index in [1.807, 2.05) is 111 Å². The number of nitrogens with zero attached hydrogens (tertiary/aromatic N) is 22. The van der Waals surface area contributed by atoms with E-state index in [-0.39, 0.29) is 77.1 Å². The molecule has 34 nitrogen and oxygen atoms in total. The van der Waals surface area contributed by atoms with Gasteiger partial charge in [-0.25, -0.2) is 67.4 Å². The van der Waals surface area contributed by atoms with Crippen molar-refractivity contribution in [2.45, 2.75) is 122 Å². The Morgan fingerprint density at radius 2 is 0.721 bits per heavy atom. The number of piperidine rings is 4. The summed E-state index contributed by atoms with van der Waals surface area (Å²) in [5.74, 6) is -2.27. The summed E-state index contributed by atoms with van der Waals surface area (Å²) in [6, 6.07) is 48.1. The molecule has 5 atom stereocenters. The van der Waals surface area contributed by atoms with Crippen molar-refractivity contribution < 1.29 is 36.7 Å². The van der Waals surface area contributed by atoms with Gasteiger partial charge in [-0.1, -0.05) is 12.1 Å². The van der Waals surface area contributed by atoms with Crippen LogP contribution >= 0.6 is 0 Å². The molecule has 5 fully saturated rings. The molecule has 4 amide bonds. The van der Waals surface area contributed by atoms with Crippen molar-refractivity contribution in [3.05, 3.63) is 239 Å². The number of pyridine rings is 10. The predicted octanol–water partition coefficient (Wildman–Crippen LogP) is 14.4. The number of likely N-dealkylation sites (N-methyl/N-ethyl adjacent to an activating group) is 1. The lowest BCUT2D eigenvalue weighted by Crippen LogP contribution is -2.43. The molecule has 0 unspecified atom stereocenters. The summed E-state index contributed by atoms with van der Waals surface area (Å²) in [4.78, 5) is 111. The first kappa shape index (κ1) is 96.9. The number of hydrogen-bond acceptors (Lipinski definition) is 25. The van der Waals surface area contributed by atoms with Gasteiger partial charge in [0.15, 0.2) is 28.2 Å². The van der Waals surface area contributed by atoms with Crippen LogP contribution in [-0.2, 0) is 0 Å². The molecule has 5 aromatic carbocycles. The molecule has 15 aromatic heterocycles. The number of fused-ring (bicyclic) bond motifs is 25. The van der Waals surface area contributed by atoms with Gasteiger partial charge in [-0.05, 0) is 221 Å². The largest absolute Gasteiger partial charge is 0.369 e. The number of benzene rings is 5. The minimum Gasteiger partial charge on any atom is -0.369 e. The Kier molecular flexibility index (Phi) is 26.4. The third-order valence-corrected chi connectivity index (χ3v) is 28.4. The molecule has 5 aliphatic rings. The second kappa shape index (κ2) is 40.1. The summed E-state index contributed by atoms with van der Waals surface area (Å²) in [5.41, 5.74) is 45.7. The van der Waals surface area contributed by atoms with Crippen LogP contribution in [0.5, 0.6) is 0 Å². The zero-order valence-corrected chi connectivity index (χ0v) is 82.7. The van der Waals surface area contributed by atoms with E-state index >= 15 is 0 Å². The summed E-state index contributed by atoms with van der Waals surface area (Å²) in [6.07, 6.45) is 16.2. The minimum atomic E-state index is -0.365. The first-order valence-corrected chi connectivity index (χ1v) is 49.8. The molecule has 0 saturated carbocycles. The highest BCUT2D eigenvalue weighted by Gasteiger charge is 2.33. The van der Waals surface area contributed by atoms with Gasteiger partial charge in [0.05, 0.1) is 83.0 Å². The molecule has 5 saturated heterocycles. The van der Waals surface area contributed by atoms with Crippen LogP contribution in [0.15, 0.2) is 183 Å². The number of nitrogens with two attached hydrogens (primary N) is 4. The number of anilines is 5. The number of para-hydroxylation sites is 2. The van der Waals surface area contributed by atoms with Crippen LogP contribution in [0, 0.1) is 41.5 Å². The Balaban J connectivity index is 0.000000108. The SMILES string of the molecule is CC(C)NC(=O)c1cc2c(N3CCC[C@@H](N)C3)ccnc2n2c1nc1ccc(F)cc12.CCNC(=O)c1cc2c(N3CCC[C@@H](N)C3)ccnc2n2c1nc1ccc(F)cc12.CNC(=O)c1cc2c(N3CCC[C@@H](N)C3)ccnc2n2c1nc1ccc(F)cc12.CNC(=O)c1cc2c(N3CC[C@H](N(C)C)C3)cc(C)nc2n2c1nc1ccccc12.N#Cc1cc2c(N3CCC[C@@H](N)C3)ccnc2n2c1nc1ccc(F)cc12. The first-order valence-electron chi connectivity index (χ1n) is 49.8. The van der Waals surface area contributed by atoms with Crippen LogP contribution in [0.2, 0.25) is 0 Å². The Labute approximate surface area is 840 Å². The molecule has 20 aromatic rings. The number of nitriles is 1. The molecule has 0 bridgehead atoms. The Morgan fingerprint density at radius 3 is 1.07 bits per heavy atom. The number of rotatable bonds is 12. The summed E-state index contributed by atoms with van der Waals surface area (Å²) >= 11 is 0. The summed E-state index contributed by atoms with van der Waals surface area (Å²) < 4.78 is 65.3. The van der Waals surface area contributed by atoms with Gasteiger partial charge in [0.2, 0.25) is 0 Å². The molecule has 38 heteroatoms. The lowest BCUT2D eigenvalue weighted by Gasteiger charge is -2.33. The van der Waals surface area contributed by atoms with Gasteiger partial charge < -0.3 is 73.6 Å². The predicted molar refractivity (Wildman–Crippen MR) is 569 cm³/mol. The van der Waals surface area contributed by atoms with E-state index < -0.39 is 0 Å². The van der Waals surface area contributed by atoms with Gasteiger partial charge in [-0.3, -0.25) is 41.2 Å². The second-order valence-electron chi connectivity index (χ2n) is 39.0. The Bertz CT molecular complexity index is 8710. The highest BCUT2D eigenvalue weighted by Crippen LogP contribution is 2.41. The quantitative estimate of drug-likeness (QED) is 0.0527. The van der Waals surface area contributed by atoms with Gasteiger partial charge >= 0.3 is 0 Å². The van der Waals surface area contributed by atoms with Crippen LogP contribution in [0.3, 0.4) is 0 Å². The number of aryl methyl sites for hydroxylation is 1. The molecule has 0 spiro atoms. The molecule has 147 heavy (non-hydrogen) atoms. The van der Waals surface area contributed by atoms with E-state index in [4.69, 9.17) is 32.9 Å². The molecular formula is C109H112F4N30O4. The highest BCUT2D eigenvalue weighted by atomic mass is 19.1. The zero-order chi connectivity index (χ0) is 102. The fourth-order valence-corrected chi connectivity index (χ4v) is 21.6. The lowest BCUT2D eigenvalue weighted by molar-refractivity contribution is 0.0938. The van der Waals surface area contributed by atoms with Crippen LogP contribution in [0.4, 0.5) is 46.0 Å². The van der Waals surface area contributed by atoms with E-state index in [2.05, 4.69) is 117 Å². The molecule has 25 rings (SSSR count). The number of amides is 4. The normalized spacial score (nSPS) is 17.3. The maximum atomic E-state index is 14.1. The monoisotopic (exact) mass is 1980 g/mol. The van der Waals surface area contributed by atoms with Gasteiger partial charge in [0.25, 0.3) is 23.6 Å². The van der Waals surface area contributed by atoms with E-state index in [9.17, 15) is 42.0 Å². The Hall–Kier alpha value is -16.2. The molecule has 12 N–H and O–H groups in total. The van der Waals surface area contributed by atoms with Crippen molar-refractivity contribution in [3.63, 3.8) is 0 Å². The van der Waals surface area contributed by atoms with Gasteiger partial charge in [0.1, 0.15) is 57.6 Å². The van der Waals surface area contributed by atoms with E-state index in [1.165, 1.54) is 48.5 Å². The lowest BCUT2D eigenvalue weighted by atomic mass is 10.0. The molecule has 5 aliphatic heterocycles. The summed E-state index contributed by atoms with van der Waals surface area (Å²) in [6.45, 7) is 16.7. The van der Waals surface area contributed by atoms with Gasteiger partial charge in [-0.15, -0.1) is 0 Å². The van der Waals surface area contributed by atoms with Gasteiger partial charge in [0, 0.05) is 232 Å². The van der Waals surface area contributed by atoms with Crippen molar-refractivity contribution in [3.8, 4) is 6.07 Å². The number of halogens is 4. The van der Waals surface area contributed by atoms with E-state index in [0.717, 1.165) is 201 Å². The minimum absolute atomic E-state index is 0.0291.